The second kappa shape index (κ2) is 7.33. The van der Waals surface area contributed by atoms with Gasteiger partial charge in [-0.25, -0.2) is 4.98 Å². The van der Waals surface area contributed by atoms with E-state index in [4.69, 9.17) is 9.51 Å². The molecular weight excluding hydrogens is 334 g/mol. The first-order valence-electron chi connectivity index (χ1n) is 8.55. The summed E-state index contributed by atoms with van der Waals surface area (Å²) in [4.78, 5) is 13.9. The van der Waals surface area contributed by atoms with Gasteiger partial charge in [0.2, 0.25) is 5.89 Å². The monoisotopic (exact) mass is 355 g/mol. The third-order valence-electron chi connectivity index (χ3n) is 4.36. The fraction of sp³-hybridized carbons (Fsp3) is 0.389. The maximum atomic E-state index is 5.07. The van der Waals surface area contributed by atoms with Gasteiger partial charge >= 0.3 is 0 Å². The number of anilines is 1. The van der Waals surface area contributed by atoms with Crippen LogP contribution in [0.1, 0.15) is 18.1 Å². The molecular formula is C18H21N5OS. The van der Waals surface area contributed by atoms with Crippen molar-refractivity contribution in [3.63, 3.8) is 0 Å². The number of aromatic nitrogens is 3. The van der Waals surface area contributed by atoms with Crippen LogP contribution in [0.4, 0.5) is 5.13 Å². The highest BCUT2D eigenvalue weighted by atomic mass is 32.1. The van der Waals surface area contributed by atoms with E-state index in [1.165, 1.54) is 5.56 Å². The maximum absolute atomic E-state index is 5.07. The molecule has 3 heterocycles. The molecule has 4 rings (SSSR count). The van der Waals surface area contributed by atoms with Crippen LogP contribution in [-0.4, -0.2) is 46.2 Å². The molecule has 3 aromatic rings. The van der Waals surface area contributed by atoms with Crippen molar-refractivity contribution in [2.45, 2.75) is 19.9 Å². The van der Waals surface area contributed by atoms with E-state index in [1.54, 1.807) is 11.3 Å². The van der Waals surface area contributed by atoms with Gasteiger partial charge in [-0.3, -0.25) is 4.90 Å². The van der Waals surface area contributed by atoms with Crippen molar-refractivity contribution in [1.29, 1.82) is 0 Å². The SMILES string of the molecule is Cc1nc(CN2CCCN(c3nc(-c4ccccc4)cs3)CC2)no1. The Morgan fingerprint density at radius 2 is 1.96 bits per heavy atom. The highest BCUT2D eigenvalue weighted by molar-refractivity contribution is 7.14. The minimum Gasteiger partial charge on any atom is -0.347 e. The number of nitrogens with zero attached hydrogens (tertiary/aromatic N) is 5. The summed E-state index contributed by atoms with van der Waals surface area (Å²) in [5.41, 5.74) is 2.23. The molecule has 0 saturated carbocycles. The molecule has 0 N–H and O–H groups in total. The maximum Gasteiger partial charge on any atom is 0.223 e. The van der Waals surface area contributed by atoms with Crippen molar-refractivity contribution in [1.82, 2.24) is 20.0 Å². The smallest absolute Gasteiger partial charge is 0.223 e. The Hall–Kier alpha value is -2.25. The van der Waals surface area contributed by atoms with Crippen LogP contribution in [-0.2, 0) is 6.54 Å². The second-order valence-corrected chi connectivity index (χ2v) is 7.06. The highest BCUT2D eigenvalue weighted by Gasteiger charge is 2.19. The van der Waals surface area contributed by atoms with Crippen LogP contribution in [0.25, 0.3) is 11.3 Å². The van der Waals surface area contributed by atoms with Crippen molar-refractivity contribution in [2.24, 2.45) is 0 Å². The lowest BCUT2D eigenvalue weighted by atomic mass is 10.2. The summed E-state index contributed by atoms with van der Waals surface area (Å²) in [5, 5.41) is 7.26. The quantitative estimate of drug-likeness (QED) is 0.716. The lowest BCUT2D eigenvalue weighted by Crippen LogP contribution is -2.30. The van der Waals surface area contributed by atoms with Gasteiger partial charge in [0.1, 0.15) is 0 Å². The molecule has 6 nitrogen and oxygen atoms in total. The molecule has 1 aliphatic rings. The summed E-state index contributed by atoms with van der Waals surface area (Å²) in [5.74, 6) is 1.40. The third kappa shape index (κ3) is 3.88. The molecule has 0 spiro atoms. The Morgan fingerprint density at radius 3 is 2.76 bits per heavy atom. The lowest BCUT2D eigenvalue weighted by Gasteiger charge is -2.20. The van der Waals surface area contributed by atoms with E-state index in [0.29, 0.717) is 5.89 Å². The standard InChI is InChI=1S/C18H21N5OS/c1-14-19-17(21-24-14)12-22-8-5-9-23(11-10-22)18-20-16(13-25-18)15-6-3-2-4-7-15/h2-4,6-7,13H,5,8-12H2,1H3. The van der Waals surface area contributed by atoms with Gasteiger partial charge in [-0.05, 0) is 6.42 Å². The van der Waals surface area contributed by atoms with E-state index in [0.717, 1.165) is 55.8 Å². The van der Waals surface area contributed by atoms with Crippen molar-refractivity contribution in [3.05, 3.63) is 47.4 Å². The Morgan fingerprint density at radius 1 is 1.08 bits per heavy atom. The van der Waals surface area contributed by atoms with Gasteiger partial charge in [0.05, 0.1) is 12.2 Å². The summed E-state index contributed by atoms with van der Waals surface area (Å²) in [7, 11) is 0. The zero-order valence-corrected chi connectivity index (χ0v) is 15.1. The molecule has 1 aliphatic heterocycles. The summed E-state index contributed by atoms with van der Waals surface area (Å²) in [6, 6.07) is 10.4. The molecule has 0 amide bonds. The van der Waals surface area contributed by atoms with E-state index in [9.17, 15) is 0 Å². The fourth-order valence-corrected chi connectivity index (χ4v) is 3.97. The Balaban J connectivity index is 1.40. The molecule has 0 aliphatic carbocycles. The van der Waals surface area contributed by atoms with Crippen LogP contribution < -0.4 is 4.90 Å². The first-order valence-corrected chi connectivity index (χ1v) is 9.43. The molecule has 0 bridgehead atoms. The Kier molecular flexibility index (Phi) is 4.76. The fourth-order valence-electron chi connectivity index (χ4n) is 3.08. The second-order valence-electron chi connectivity index (χ2n) is 6.23. The summed E-state index contributed by atoms with van der Waals surface area (Å²) in [6.07, 6.45) is 1.11. The zero-order chi connectivity index (χ0) is 17.1. The van der Waals surface area contributed by atoms with Gasteiger partial charge in [-0.15, -0.1) is 11.3 Å². The number of hydrogen-bond donors (Lipinski definition) is 0. The lowest BCUT2D eigenvalue weighted by molar-refractivity contribution is 0.272. The van der Waals surface area contributed by atoms with Crippen molar-refractivity contribution in [2.75, 3.05) is 31.1 Å². The Labute approximate surface area is 151 Å². The van der Waals surface area contributed by atoms with E-state index in [-0.39, 0.29) is 0 Å². The highest BCUT2D eigenvalue weighted by Crippen LogP contribution is 2.28. The summed E-state index contributed by atoms with van der Waals surface area (Å²) < 4.78 is 5.07. The first-order chi connectivity index (χ1) is 12.3. The molecule has 1 aromatic carbocycles. The van der Waals surface area contributed by atoms with Crippen LogP contribution in [0.2, 0.25) is 0 Å². The largest absolute Gasteiger partial charge is 0.347 e. The van der Waals surface area contributed by atoms with E-state index in [1.807, 2.05) is 13.0 Å². The molecule has 0 atom stereocenters. The average Bonchev–Trinajstić information content (AvgIpc) is 3.21. The third-order valence-corrected chi connectivity index (χ3v) is 5.26. The molecule has 130 valence electrons. The molecule has 1 saturated heterocycles. The minimum atomic E-state index is 0.627. The van der Waals surface area contributed by atoms with Crippen molar-refractivity contribution < 1.29 is 4.52 Å². The van der Waals surface area contributed by atoms with Gasteiger partial charge < -0.3 is 9.42 Å². The number of benzene rings is 1. The molecule has 0 unspecified atom stereocenters. The van der Waals surface area contributed by atoms with Crippen LogP contribution in [0.15, 0.2) is 40.2 Å². The first kappa shape index (κ1) is 16.2. The van der Waals surface area contributed by atoms with Gasteiger partial charge in [-0.2, -0.15) is 4.98 Å². The number of hydrogen-bond acceptors (Lipinski definition) is 7. The van der Waals surface area contributed by atoms with Gasteiger partial charge in [0.15, 0.2) is 11.0 Å². The van der Waals surface area contributed by atoms with Crippen LogP contribution in [0.5, 0.6) is 0 Å². The summed E-state index contributed by atoms with van der Waals surface area (Å²) in [6.45, 7) is 6.60. The van der Waals surface area contributed by atoms with Crippen LogP contribution >= 0.6 is 11.3 Å². The van der Waals surface area contributed by atoms with Crippen molar-refractivity contribution >= 4 is 16.5 Å². The minimum absolute atomic E-state index is 0.627. The van der Waals surface area contributed by atoms with Crippen molar-refractivity contribution in [3.8, 4) is 11.3 Å². The van der Waals surface area contributed by atoms with Gasteiger partial charge in [0, 0.05) is 44.0 Å². The molecule has 2 aromatic heterocycles. The van der Waals surface area contributed by atoms with Crippen LogP contribution in [0.3, 0.4) is 0 Å². The van der Waals surface area contributed by atoms with E-state index >= 15 is 0 Å². The zero-order valence-electron chi connectivity index (χ0n) is 14.3. The predicted octanol–water partition coefficient (Wildman–Crippen LogP) is 3.21. The number of thiazole rings is 1. The van der Waals surface area contributed by atoms with Gasteiger partial charge in [0.25, 0.3) is 0 Å². The average molecular weight is 355 g/mol. The molecule has 1 fully saturated rings. The topological polar surface area (TPSA) is 58.3 Å². The molecule has 7 heteroatoms. The number of rotatable bonds is 4. The molecule has 0 radical (unpaired) electrons. The van der Waals surface area contributed by atoms with Gasteiger partial charge in [-0.1, -0.05) is 35.5 Å². The molecule has 25 heavy (non-hydrogen) atoms. The Bertz CT molecular complexity index is 816. The predicted molar refractivity (Wildman–Crippen MR) is 98.7 cm³/mol. The normalized spacial score (nSPS) is 16.1. The van der Waals surface area contributed by atoms with Crippen LogP contribution in [0, 0.1) is 6.92 Å². The van der Waals surface area contributed by atoms with E-state index < -0.39 is 0 Å². The van der Waals surface area contributed by atoms with E-state index in [2.05, 4.69) is 49.6 Å². The summed E-state index contributed by atoms with van der Waals surface area (Å²) >= 11 is 1.73. The number of aryl methyl sites for hydroxylation is 1.